The molecule has 0 heterocycles. The van der Waals surface area contributed by atoms with E-state index in [0.717, 1.165) is 23.4 Å². The molecule has 0 saturated heterocycles. The van der Waals surface area contributed by atoms with Gasteiger partial charge < -0.3 is 9.22 Å². The number of Topliss-reactive ketones (excluding diaryl/α,β-unsaturated/α-hetero) is 1. The quantitative estimate of drug-likeness (QED) is 0.405. The maximum Gasteiger partial charge on any atom is 0.192 e. The average molecular weight is 315 g/mol. The number of hydrogen-bond acceptors (Lipinski definition) is 4. The SMILES string of the molecule is CC(C)(C)[Si](C)(C)OC1C=C(SCCCC=O)C(=O)C1. The van der Waals surface area contributed by atoms with Gasteiger partial charge in [0.15, 0.2) is 14.1 Å². The second kappa shape index (κ2) is 7.05. The van der Waals surface area contributed by atoms with Crippen LogP contribution in [0.5, 0.6) is 0 Å². The molecule has 3 nitrogen and oxygen atoms in total. The van der Waals surface area contributed by atoms with Crippen molar-refractivity contribution in [3.05, 3.63) is 11.0 Å². The summed E-state index contributed by atoms with van der Waals surface area (Å²) in [6.45, 7) is 11.0. The van der Waals surface area contributed by atoms with Crippen LogP contribution in [0.4, 0.5) is 0 Å². The first-order chi connectivity index (χ1) is 9.17. The molecule has 0 spiro atoms. The largest absolute Gasteiger partial charge is 0.410 e. The number of rotatable bonds is 7. The standard InChI is InChI=1S/C15H26O3SSi/c1-15(2,3)20(4,5)18-12-10-13(17)14(11-12)19-9-7-6-8-16/h8,11-12H,6-7,9-10H2,1-5H3. The molecule has 0 amide bonds. The van der Waals surface area contributed by atoms with Crippen molar-refractivity contribution in [2.24, 2.45) is 0 Å². The van der Waals surface area contributed by atoms with Crippen LogP contribution in [0.3, 0.4) is 0 Å². The van der Waals surface area contributed by atoms with E-state index in [1.165, 1.54) is 0 Å². The topological polar surface area (TPSA) is 43.4 Å². The van der Waals surface area contributed by atoms with Crippen LogP contribution in [0.25, 0.3) is 0 Å². The Labute approximate surface area is 127 Å². The van der Waals surface area contributed by atoms with Gasteiger partial charge in [-0.05, 0) is 36.4 Å². The molecular weight excluding hydrogens is 288 g/mol. The minimum atomic E-state index is -1.83. The fraction of sp³-hybridized carbons (Fsp3) is 0.733. The van der Waals surface area contributed by atoms with E-state index in [9.17, 15) is 9.59 Å². The number of unbranched alkanes of at least 4 members (excludes halogenated alkanes) is 1. The molecule has 20 heavy (non-hydrogen) atoms. The minimum absolute atomic E-state index is 0.0584. The first-order valence-corrected chi connectivity index (χ1v) is 11.1. The van der Waals surface area contributed by atoms with Crippen molar-refractivity contribution < 1.29 is 14.0 Å². The number of thioether (sulfide) groups is 1. The second-order valence-electron chi connectivity index (χ2n) is 6.73. The molecule has 0 aliphatic heterocycles. The van der Waals surface area contributed by atoms with Crippen molar-refractivity contribution in [2.45, 2.75) is 64.3 Å². The molecule has 0 radical (unpaired) electrons. The van der Waals surface area contributed by atoms with Crippen LogP contribution in [-0.4, -0.2) is 32.2 Å². The Morgan fingerprint density at radius 3 is 2.65 bits per heavy atom. The van der Waals surface area contributed by atoms with E-state index >= 15 is 0 Å². The van der Waals surface area contributed by atoms with Crippen molar-refractivity contribution in [3.63, 3.8) is 0 Å². The zero-order chi connectivity index (χ0) is 15.4. The van der Waals surface area contributed by atoms with Crippen molar-refractivity contribution in [3.8, 4) is 0 Å². The second-order valence-corrected chi connectivity index (χ2v) is 12.6. The van der Waals surface area contributed by atoms with Gasteiger partial charge in [0.05, 0.1) is 6.10 Å². The molecule has 1 atom stereocenters. The van der Waals surface area contributed by atoms with Gasteiger partial charge in [-0.25, -0.2) is 0 Å². The summed E-state index contributed by atoms with van der Waals surface area (Å²) in [5.41, 5.74) is 0. The summed E-state index contributed by atoms with van der Waals surface area (Å²) in [7, 11) is -1.83. The van der Waals surface area contributed by atoms with Gasteiger partial charge >= 0.3 is 0 Å². The van der Waals surface area contributed by atoms with Crippen LogP contribution >= 0.6 is 11.8 Å². The maximum absolute atomic E-state index is 12.0. The van der Waals surface area contributed by atoms with Crippen molar-refractivity contribution in [2.75, 3.05) is 5.75 Å². The molecule has 0 aromatic rings. The fourth-order valence-corrected chi connectivity index (χ4v) is 4.00. The summed E-state index contributed by atoms with van der Waals surface area (Å²) in [5.74, 6) is 1.01. The Balaban J connectivity index is 2.56. The van der Waals surface area contributed by atoms with Gasteiger partial charge in [-0.3, -0.25) is 4.79 Å². The number of carbonyl (C=O) groups excluding carboxylic acids is 2. The molecule has 1 aliphatic rings. The van der Waals surface area contributed by atoms with E-state index in [0.29, 0.717) is 12.8 Å². The molecule has 0 N–H and O–H groups in total. The maximum atomic E-state index is 12.0. The molecule has 1 rings (SSSR count). The van der Waals surface area contributed by atoms with Crippen LogP contribution in [0.15, 0.2) is 11.0 Å². The first-order valence-electron chi connectivity index (χ1n) is 7.16. The number of carbonyl (C=O) groups is 2. The highest BCUT2D eigenvalue weighted by Crippen LogP contribution is 2.39. The Kier molecular flexibility index (Phi) is 6.22. The monoisotopic (exact) mass is 314 g/mol. The third-order valence-electron chi connectivity index (χ3n) is 3.97. The van der Waals surface area contributed by atoms with E-state index in [4.69, 9.17) is 4.43 Å². The van der Waals surface area contributed by atoms with E-state index in [-0.39, 0.29) is 16.9 Å². The molecular formula is C15H26O3SSi. The highest BCUT2D eigenvalue weighted by atomic mass is 32.2. The van der Waals surface area contributed by atoms with Gasteiger partial charge in [-0.1, -0.05) is 20.8 Å². The third-order valence-corrected chi connectivity index (χ3v) is 9.65. The highest BCUT2D eigenvalue weighted by molar-refractivity contribution is 8.04. The molecule has 5 heteroatoms. The molecule has 114 valence electrons. The van der Waals surface area contributed by atoms with Crippen LogP contribution in [0, 0.1) is 0 Å². The van der Waals surface area contributed by atoms with E-state index in [1.807, 2.05) is 6.08 Å². The summed E-state index contributed by atoms with van der Waals surface area (Å²) in [6.07, 6.45) is 4.72. The van der Waals surface area contributed by atoms with Gasteiger partial charge in [-0.2, -0.15) is 0 Å². The van der Waals surface area contributed by atoms with Crippen LogP contribution < -0.4 is 0 Å². The van der Waals surface area contributed by atoms with Gasteiger partial charge in [-0.15, -0.1) is 11.8 Å². The molecule has 0 fully saturated rings. The summed E-state index contributed by atoms with van der Waals surface area (Å²) in [5, 5.41) is 0.156. The number of hydrogen-bond donors (Lipinski definition) is 0. The van der Waals surface area contributed by atoms with Crippen LogP contribution in [0.2, 0.25) is 18.1 Å². The lowest BCUT2D eigenvalue weighted by Crippen LogP contribution is -2.43. The minimum Gasteiger partial charge on any atom is -0.410 e. The molecule has 1 unspecified atom stereocenters. The van der Waals surface area contributed by atoms with Gasteiger partial charge in [0.1, 0.15) is 6.29 Å². The lowest BCUT2D eigenvalue weighted by Gasteiger charge is -2.37. The highest BCUT2D eigenvalue weighted by Gasteiger charge is 2.40. The van der Waals surface area contributed by atoms with Crippen molar-refractivity contribution in [1.29, 1.82) is 0 Å². The summed E-state index contributed by atoms with van der Waals surface area (Å²) < 4.78 is 6.26. The number of ketones is 1. The normalized spacial score (nSPS) is 20.1. The Morgan fingerprint density at radius 1 is 1.45 bits per heavy atom. The zero-order valence-electron chi connectivity index (χ0n) is 13.2. The first kappa shape index (κ1) is 17.7. The molecule has 1 aliphatic carbocycles. The molecule has 0 saturated carbocycles. The van der Waals surface area contributed by atoms with Crippen LogP contribution in [-0.2, 0) is 14.0 Å². The Hall–Kier alpha value is -0.393. The molecule has 0 aromatic carbocycles. The van der Waals surface area contributed by atoms with Gasteiger partial charge in [0.2, 0.25) is 0 Å². The average Bonchev–Trinajstić information content (AvgIpc) is 2.63. The van der Waals surface area contributed by atoms with Gasteiger partial charge in [0.25, 0.3) is 0 Å². The smallest absolute Gasteiger partial charge is 0.192 e. The van der Waals surface area contributed by atoms with Gasteiger partial charge in [0, 0.05) is 17.7 Å². The van der Waals surface area contributed by atoms with Crippen molar-refractivity contribution >= 4 is 32.1 Å². The number of aldehydes is 1. The Bertz CT molecular complexity index is 396. The van der Waals surface area contributed by atoms with E-state index in [2.05, 4.69) is 33.9 Å². The van der Waals surface area contributed by atoms with E-state index in [1.54, 1.807) is 11.8 Å². The fourth-order valence-electron chi connectivity index (χ4n) is 1.71. The molecule has 0 bridgehead atoms. The van der Waals surface area contributed by atoms with E-state index < -0.39 is 8.32 Å². The zero-order valence-corrected chi connectivity index (χ0v) is 15.0. The molecule has 0 aromatic heterocycles. The summed E-state index contributed by atoms with van der Waals surface area (Å²) in [6, 6.07) is 0. The third kappa shape index (κ3) is 4.86. The Morgan fingerprint density at radius 2 is 2.10 bits per heavy atom. The lowest BCUT2D eigenvalue weighted by molar-refractivity contribution is -0.115. The summed E-state index contributed by atoms with van der Waals surface area (Å²) >= 11 is 1.56. The predicted molar refractivity (Wildman–Crippen MR) is 87.5 cm³/mol. The number of allylic oxidation sites excluding steroid dienone is 1. The van der Waals surface area contributed by atoms with Crippen LogP contribution in [0.1, 0.15) is 40.0 Å². The van der Waals surface area contributed by atoms with Crippen molar-refractivity contribution in [1.82, 2.24) is 0 Å². The summed E-state index contributed by atoms with van der Waals surface area (Å²) in [4.78, 5) is 23.0. The lowest BCUT2D eigenvalue weighted by atomic mass is 10.2. The predicted octanol–water partition coefficient (Wildman–Crippen LogP) is 3.95.